The first kappa shape index (κ1) is 12.3. The number of anilines is 1. The fourth-order valence-electron chi connectivity index (χ4n) is 2.07. The van der Waals surface area contributed by atoms with Gasteiger partial charge in [-0.15, -0.1) is 0 Å². The summed E-state index contributed by atoms with van der Waals surface area (Å²) < 4.78 is 5.53. The molecule has 1 fully saturated rings. The van der Waals surface area contributed by atoms with Gasteiger partial charge >= 0.3 is 0 Å². The van der Waals surface area contributed by atoms with E-state index in [9.17, 15) is 0 Å². The van der Waals surface area contributed by atoms with Crippen molar-refractivity contribution in [2.75, 3.05) is 24.6 Å². The summed E-state index contributed by atoms with van der Waals surface area (Å²) in [4.78, 5) is 6.75. The minimum Gasteiger partial charge on any atom is -0.375 e. The highest BCUT2D eigenvalue weighted by Crippen LogP contribution is 2.19. The van der Waals surface area contributed by atoms with Crippen molar-refractivity contribution in [3.63, 3.8) is 0 Å². The largest absolute Gasteiger partial charge is 0.375 e. The molecule has 1 aliphatic rings. The maximum absolute atomic E-state index is 5.95. The topological polar surface area (TPSA) is 51.4 Å². The number of nitrogens with zero attached hydrogens (tertiary/aromatic N) is 2. The Labute approximate surface area is 103 Å². The summed E-state index contributed by atoms with van der Waals surface area (Å²) >= 11 is 0. The minimum absolute atomic E-state index is 0.0488. The van der Waals surface area contributed by atoms with Crippen LogP contribution in [0.2, 0.25) is 0 Å². The van der Waals surface area contributed by atoms with Gasteiger partial charge < -0.3 is 15.4 Å². The molecule has 2 atom stereocenters. The van der Waals surface area contributed by atoms with Crippen molar-refractivity contribution in [3.8, 4) is 0 Å². The summed E-state index contributed by atoms with van der Waals surface area (Å²) in [7, 11) is 0. The zero-order chi connectivity index (χ0) is 12.3. The number of hydrogen-bond acceptors (Lipinski definition) is 4. The lowest BCUT2D eigenvalue weighted by Gasteiger charge is -2.32. The van der Waals surface area contributed by atoms with Crippen molar-refractivity contribution in [2.24, 2.45) is 5.73 Å². The summed E-state index contributed by atoms with van der Waals surface area (Å²) in [5.41, 5.74) is 8.08. The van der Waals surface area contributed by atoms with Crippen LogP contribution in [0.3, 0.4) is 0 Å². The Morgan fingerprint density at radius 3 is 3.00 bits per heavy atom. The third-order valence-corrected chi connectivity index (χ3v) is 3.20. The van der Waals surface area contributed by atoms with E-state index in [4.69, 9.17) is 10.5 Å². The van der Waals surface area contributed by atoms with E-state index in [1.807, 2.05) is 12.3 Å². The second-order valence-corrected chi connectivity index (χ2v) is 4.58. The van der Waals surface area contributed by atoms with Gasteiger partial charge in [0.1, 0.15) is 0 Å². The van der Waals surface area contributed by atoms with E-state index in [-0.39, 0.29) is 6.04 Å². The number of rotatable bonds is 3. The first-order valence-corrected chi connectivity index (χ1v) is 6.28. The number of aromatic nitrogens is 1. The molecule has 0 spiro atoms. The molecule has 0 amide bonds. The number of ether oxygens (including phenoxy) is 1. The molecule has 0 saturated carbocycles. The van der Waals surface area contributed by atoms with Gasteiger partial charge in [0.05, 0.1) is 30.3 Å². The third-order valence-electron chi connectivity index (χ3n) is 3.20. The van der Waals surface area contributed by atoms with Crippen LogP contribution in [0.15, 0.2) is 18.3 Å². The average molecular weight is 235 g/mol. The smallest absolute Gasteiger partial charge is 0.0722 e. The normalized spacial score (nSPS) is 22.5. The first-order chi connectivity index (χ1) is 8.20. The van der Waals surface area contributed by atoms with E-state index >= 15 is 0 Å². The van der Waals surface area contributed by atoms with Gasteiger partial charge in [-0.3, -0.25) is 4.98 Å². The van der Waals surface area contributed by atoms with Crippen molar-refractivity contribution in [2.45, 2.75) is 32.4 Å². The maximum atomic E-state index is 5.95. The summed E-state index contributed by atoms with van der Waals surface area (Å²) in [5.74, 6) is 0. The van der Waals surface area contributed by atoms with Crippen LogP contribution in [0, 0.1) is 0 Å². The van der Waals surface area contributed by atoms with Crippen molar-refractivity contribution in [1.29, 1.82) is 0 Å². The third kappa shape index (κ3) is 2.96. The summed E-state index contributed by atoms with van der Waals surface area (Å²) in [6, 6.07) is 4.19. The maximum Gasteiger partial charge on any atom is 0.0722 e. The van der Waals surface area contributed by atoms with Crippen LogP contribution in [0.4, 0.5) is 5.69 Å². The van der Waals surface area contributed by atoms with E-state index in [2.05, 4.69) is 29.8 Å². The van der Waals surface area contributed by atoms with Gasteiger partial charge in [-0.05, 0) is 25.5 Å². The first-order valence-electron chi connectivity index (χ1n) is 6.28. The Kier molecular flexibility index (Phi) is 3.97. The molecule has 94 valence electrons. The molecular weight excluding hydrogens is 214 g/mol. The van der Waals surface area contributed by atoms with Crippen LogP contribution in [0.5, 0.6) is 0 Å². The average Bonchev–Trinajstić information content (AvgIpc) is 2.38. The van der Waals surface area contributed by atoms with Gasteiger partial charge in [0.25, 0.3) is 0 Å². The highest BCUT2D eigenvalue weighted by atomic mass is 16.5. The zero-order valence-corrected chi connectivity index (χ0v) is 10.6. The van der Waals surface area contributed by atoms with E-state index < -0.39 is 0 Å². The minimum atomic E-state index is 0.0488. The Morgan fingerprint density at radius 2 is 2.41 bits per heavy atom. The van der Waals surface area contributed by atoms with Crippen LogP contribution in [0.1, 0.15) is 32.0 Å². The molecule has 0 bridgehead atoms. The number of pyridine rings is 1. The van der Waals surface area contributed by atoms with Crippen molar-refractivity contribution in [1.82, 2.24) is 4.98 Å². The fourth-order valence-corrected chi connectivity index (χ4v) is 2.07. The van der Waals surface area contributed by atoms with E-state index in [1.54, 1.807) is 0 Å². The van der Waals surface area contributed by atoms with E-state index in [1.165, 1.54) is 0 Å². The second-order valence-electron chi connectivity index (χ2n) is 4.58. The fraction of sp³-hybridized carbons (Fsp3) is 0.615. The lowest BCUT2D eigenvalue weighted by atomic mass is 10.1. The van der Waals surface area contributed by atoms with Crippen LogP contribution in [-0.2, 0) is 4.74 Å². The number of hydrogen-bond donors (Lipinski definition) is 1. The predicted octanol–water partition coefficient (Wildman–Crippen LogP) is 1.72. The van der Waals surface area contributed by atoms with Gasteiger partial charge in [0, 0.05) is 19.1 Å². The van der Waals surface area contributed by atoms with Crippen molar-refractivity contribution < 1.29 is 4.74 Å². The molecule has 2 rings (SSSR count). The molecule has 1 saturated heterocycles. The molecular formula is C13H21N3O. The van der Waals surface area contributed by atoms with E-state index in [0.717, 1.165) is 37.5 Å². The summed E-state index contributed by atoms with van der Waals surface area (Å²) in [5, 5.41) is 0. The summed E-state index contributed by atoms with van der Waals surface area (Å²) in [6.07, 6.45) is 3.13. The molecule has 4 heteroatoms. The molecule has 2 N–H and O–H groups in total. The molecule has 1 aliphatic heterocycles. The predicted molar refractivity (Wildman–Crippen MR) is 69.1 cm³/mol. The lowest BCUT2D eigenvalue weighted by molar-refractivity contribution is 0.0532. The molecule has 4 nitrogen and oxygen atoms in total. The highest BCUT2D eigenvalue weighted by molar-refractivity contribution is 5.45. The Balaban J connectivity index is 2.06. The Bertz CT molecular complexity index is 352. The molecule has 0 aromatic carbocycles. The van der Waals surface area contributed by atoms with Gasteiger partial charge in [-0.2, -0.15) is 0 Å². The van der Waals surface area contributed by atoms with Crippen molar-refractivity contribution >= 4 is 5.69 Å². The van der Waals surface area contributed by atoms with Crippen LogP contribution >= 0.6 is 0 Å². The number of nitrogens with two attached hydrogens (primary N) is 1. The molecule has 1 aromatic heterocycles. The Hall–Kier alpha value is -1.13. The van der Waals surface area contributed by atoms with Crippen LogP contribution in [0.25, 0.3) is 0 Å². The summed E-state index contributed by atoms with van der Waals surface area (Å²) in [6.45, 7) is 6.83. The molecule has 1 aromatic rings. The SMILES string of the molecule is CCC(N)c1ccc(N2CCOC(C)C2)cn1. The van der Waals surface area contributed by atoms with E-state index in [0.29, 0.717) is 6.10 Å². The molecule has 17 heavy (non-hydrogen) atoms. The molecule has 0 radical (unpaired) electrons. The second kappa shape index (κ2) is 5.47. The van der Waals surface area contributed by atoms with Gasteiger partial charge in [0.2, 0.25) is 0 Å². The number of morpholine rings is 1. The van der Waals surface area contributed by atoms with Crippen LogP contribution < -0.4 is 10.6 Å². The molecule has 2 heterocycles. The monoisotopic (exact) mass is 235 g/mol. The molecule has 2 unspecified atom stereocenters. The lowest BCUT2D eigenvalue weighted by Crippen LogP contribution is -2.41. The van der Waals surface area contributed by atoms with Gasteiger partial charge in [-0.25, -0.2) is 0 Å². The van der Waals surface area contributed by atoms with Gasteiger partial charge in [-0.1, -0.05) is 6.92 Å². The Morgan fingerprint density at radius 1 is 1.59 bits per heavy atom. The highest BCUT2D eigenvalue weighted by Gasteiger charge is 2.17. The van der Waals surface area contributed by atoms with Crippen molar-refractivity contribution in [3.05, 3.63) is 24.0 Å². The van der Waals surface area contributed by atoms with Crippen LogP contribution in [-0.4, -0.2) is 30.8 Å². The van der Waals surface area contributed by atoms with Gasteiger partial charge in [0.15, 0.2) is 0 Å². The standard InChI is InChI=1S/C13H21N3O/c1-3-12(14)13-5-4-11(8-15-13)16-6-7-17-10(2)9-16/h4-5,8,10,12H,3,6-7,9,14H2,1-2H3. The quantitative estimate of drug-likeness (QED) is 0.866. The molecule has 0 aliphatic carbocycles. The zero-order valence-electron chi connectivity index (χ0n) is 10.6.